The number of thiophene rings is 1. The lowest BCUT2D eigenvalue weighted by molar-refractivity contribution is -0.158. The smallest absolute Gasteiger partial charge is 0.312 e. The van der Waals surface area contributed by atoms with E-state index in [1.807, 2.05) is 36.4 Å². The summed E-state index contributed by atoms with van der Waals surface area (Å²) in [6, 6.07) is 14.0. The first-order chi connectivity index (χ1) is 10.2. The Hall–Kier alpha value is -1.61. The van der Waals surface area contributed by atoms with Crippen LogP contribution in [0.2, 0.25) is 0 Å². The molecule has 0 aliphatic carbocycles. The number of esters is 1. The van der Waals surface area contributed by atoms with Gasteiger partial charge in [0.1, 0.15) is 6.61 Å². The van der Waals surface area contributed by atoms with E-state index in [9.17, 15) is 4.79 Å². The molecule has 0 atom stereocenters. The summed E-state index contributed by atoms with van der Waals surface area (Å²) >= 11 is 1.70. The second-order valence-corrected chi connectivity index (χ2v) is 6.34. The molecule has 1 aromatic carbocycles. The monoisotopic (exact) mass is 302 g/mol. The predicted octanol–water partition coefficient (Wildman–Crippen LogP) is 4.84. The van der Waals surface area contributed by atoms with E-state index < -0.39 is 5.41 Å². The molecule has 2 aromatic rings. The molecule has 1 aromatic heterocycles. The fraction of sp³-hybridized carbons (Fsp3) is 0.389. The van der Waals surface area contributed by atoms with E-state index in [2.05, 4.69) is 25.3 Å². The van der Waals surface area contributed by atoms with Crippen LogP contribution in [0.3, 0.4) is 0 Å². The first kappa shape index (κ1) is 15.8. The minimum Gasteiger partial charge on any atom is -0.460 e. The van der Waals surface area contributed by atoms with Gasteiger partial charge in [0.05, 0.1) is 5.41 Å². The highest BCUT2D eigenvalue weighted by molar-refractivity contribution is 7.09. The number of hydrogen-bond acceptors (Lipinski definition) is 3. The summed E-state index contributed by atoms with van der Waals surface area (Å²) in [4.78, 5) is 13.9. The SMILES string of the molecule is CCC(CC)(Cc1cccs1)C(=O)OCc1ccccc1. The van der Waals surface area contributed by atoms with Crippen molar-refractivity contribution in [2.45, 2.75) is 39.7 Å². The van der Waals surface area contributed by atoms with Crippen molar-refractivity contribution in [3.8, 4) is 0 Å². The molecular weight excluding hydrogens is 280 g/mol. The Bertz CT molecular complexity index is 542. The van der Waals surface area contributed by atoms with Gasteiger partial charge in [0.15, 0.2) is 0 Å². The van der Waals surface area contributed by atoms with Crippen molar-refractivity contribution in [2.24, 2.45) is 5.41 Å². The summed E-state index contributed by atoms with van der Waals surface area (Å²) in [5.41, 5.74) is 0.627. The van der Waals surface area contributed by atoms with Gasteiger partial charge < -0.3 is 4.74 Å². The molecule has 1 heterocycles. The van der Waals surface area contributed by atoms with Gasteiger partial charge in [-0.05, 0) is 36.3 Å². The molecule has 0 aliphatic rings. The van der Waals surface area contributed by atoms with Gasteiger partial charge in [-0.25, -0.2) is 0 Å². The summed E-state index contributed by atoms with van der Waals surface area (Å²) < 4.78 is 5.59. The maximum Gasteiger partial charge on any atom is 0.312 e. The van der Waals surface area contributed by atoms with Crippen LogP contribution in [0.15, 0.2) is 47.8 Å². The van der Waals surface area contributed by atoms with Crippen molar-refractivity contribution >= 4 is 17.3 Å². The van der Waals surface area contributed by atoms with Gasteiger partial charge in [0.25, 0.3) is 0 Å². The third kappa shape index (κ3) is 3.94. The predicted molar refractivity (Wildman–Crippen MR) is 87.3 cm³/mol. The molecule has 21 heavy (non-hydrogen) atoms. The molecule has 0 bridgehead atoms. The topological polar surface area (TPSA) is 26.3 Å². The van der Waals surface area contributed by atoms with Crippen molar-refractivity contribution in [3.05, 3.63) is 58.3 Å². The number of ether oxygens (including phenoxy) is 1. The molecule has 2 nitrogen and oxygen atoms in total. The van der Waals surface area contributed by atoms with Gasteiger partial charge in [0.2, 0.25) is 0 Å². The fourth-order valence-electron chi connectivity index (χ4n) is 2.48. The third-order valence-corrected chi connectivity index (χ3v) is 4.97. The lowest BCUT2D eigenvalue weighted by Gasteiger charge is -2.28. The molecule has 112 valence electrons. The molecule has 0 radical (unpaired) electrons. The summed E-state index contributed by atoms with van der Waals surface area (Å²) in [6.07, 6.45) is 2.37. The number of benzene rings is 1. The molecule has 0 saturated heterocycles. The van der Waals surface area contributed by atoms with Crippen LogP contribution < -0.4 is 0 Å². The molecule has 0 fully saturated rings. The molecule has 2 rings (SSSR count). The Labute approximate surface area is 130 Å². The van der Waals surface area contributed by atoms with E-state index in [4.69, 9.17) is 4.74 Å². The largest absolute Gasteiger partial charge is 0.460 e. The Kier molecular flexibility index (Phi) is 5.57. The van der Waals surface area contributed by atoms with E-state index in [1.165, 1.54) is 4.88 Å². The maximum absolute atomic E-state index is 12.6. The molecule has 0 amide bonds. The van der Waals surface area contributed by atoms with Crippen LogP contribution in [-0.4, -0.2) is 5.97 Å². The van der Waals surface area contributed by atoms with Gasteiger partial charge in [-0.3, -0.25) is 4.79 Å². The summed E-state index contributed by atoms with van der Waals surface area (Å²) in [5.74, 6) is -0.0789. The number of hydrogen-bond donors (Lipinski definition) is 0. The van der Waals surface area contributed by atoms with E-state index in [1.54, 1.807) is 11.3 Å². The van der Waals surface area contributed by atoms with Crippen LogP contribution >= 0.6 is 11.3 Å². The first-order valence-corrected chi connectivity index (χ1v) is 8.31. The van der Waals surface area contributed by atoms with Gasteiger partial charge in [-0.15, -0.1) is 11.3 Å². The van der Waals surface area contributed by atoms with E-state index in [0.717, 1.165) is 24.8 Å². The molecular formula is C18H22O2S. The standard InChI is InChI=1S/C18H22O2S/c1-3-18(4-2,13-16-11-8-12-21-16)17(19)20-14-15-9-6-5-7-10-15/h5-12H,3-4,13-14H2,1-2H3. The van der Waals surface area contributed by atoms with E-state index in [-0.39, 0.29) is 5.97 Å². The highest BCUT2D eigenvalue weighted by Crippen LogP contribution is 2.34. The Balaban J connectivity index is 2.04. The zero-order valence-electron chi connectivity index (χ0n) is 12.7. The first-order valence-electron chi connectivity index (χ1n) is 7.43. The fourth-order valence-corrected chi connectivity index (χ4v) is 3.33. The molecule has 3 heteroatoms. The lowest BCUT2D eigenvalue weighted by atomic mass is 9.79. The van der Waals surface area contributed by atoms with Gasteiger partial charge in [-0.1, -0.05) is 50.2 Å². The minimum atomic E-state index is -0.403. The van der Waals surface area contributed by atoms with Crippen molar-refractivity contribution in [2.75, 3.05) is 0 Å². The van der Waals surface area contributed by atoms with Crippen LogP contribution in [0, 0.1) is 5.41 Å². The number of rotatable bonds is 7. The third-order valence-electron chi connectivity index (χ3n) is 4.09. The van der Waals surface area contributed by atoms with Gasteiger partial charge in [-0.2, -0.15) is 0 Å². The van der Waals surface area contributed by atoms with Crippen molar-refractivity contribution < 1.29 is 9.53 Å². The van der Waals surface area contributed by atoms with E-state index in [0.29, 0.717) is 6.61 Å². The quantitative estimate of drug-likeness (QED) is 0.684. The molecule has 0 aliphatic heterocycles. The normalized spacial score (nSPS) is 11.3. The molecule has 0 N–H and O–H groups in total. The Morgan fingerprint density at radius 1 is 1.10 bits per heavy atom. The van der Waals surface area contributed by atoms with Crippen molar-refractivity contribution in [3.63, 3.8) is 0 Å². The zero-order valence-corrected chi connectivity index (χ0v) is 13.5. The van der Waals surface area contributed by atoms with E-state index >= 15 is 0 Å². The Morgan fingerprint density at radius 3 is 2.38 bits per heavy atom. The average Bonchev–Trinajstić information content (AvgIpc) is 3.04. The van der Waals surface area contributed by atoms with Crippen LogP contribution in [-0.2, 0) is 22.6 Å². The average molecular weight is 302 g/mol. The van der Waals surface area contributed by atoms with Crippen molar-refractivity contribution in [1.82, 2.24) is 0 Å². The maximum atomic E-state index is 12.6. The highest BCUT2D eigenvalue weighted by Gasteiger charge is 2.37. The second kappa shape index (κ2) is 7.41. The van der Waals surface area contributed by atoms with Crippen LogP contribution in [0.1, 0.15) is 37.1 Å². The van der Waals surface area contributed by atoms with Gasteiger partial charge >= 0.3 is 5.97 Å². The molecule has 0 spiro atoms. The van der Waals surface area contributed by atoms with Crippen molar-refractivity contribution in [1.29, 1.82) is 0 Å². The summed E-state index contributed by atoms with van der Waals surface area (Å²) in [6.45, 7) is 4.49. The summed E-state index contributed by atoms with van der Waals surface area (Å²) in [7, 11) is 0. The Morgan fingerprint density at radius 2 is 1.81 bits per heavy atom. The number of carbonyl (C=O) groups is 1. The molecule has 0 saturated carbocycles. The molecule has 0 unspecified atom stereocenters. The van der Waals surface area contributed by atoms with Crippen LogP contribution in [0.25, 0.3) is 0 Å². The van der Waals surface area contributed by atoms with Gasteiger partial charge in [0, 0.05) is 4.88 Å². The zero-order chi connectivity index (χ0) is 15.1. The summed E-state index contributed by atoms with van der Waals surface area (Å²) in [5, 5.41) is 2.06. The number of carbonyl (C=O) groups excluding carboxylic acids is 1. The van der Waals surface area contributed by atoms with Crippen LogP contribution in [0.5, 0.6) is 0 Å². The second-order valence-electron chi connectivity index (χ2n) is 5.31. The highest BCUT2D eigenvalue weighted by atomic mass is 32.1. The minimum absolute atomic E-state index is 0.0789. The van der Waals surface area contributed by atoms with Crippen LogP contribution in [0.4, 0.5) is 0 Å². The lowest BCUT2D eigenvalue weighted by Crippen LogP contribution is -2.33.